The molecule has 0 unspecified atom stereocenters. The zero-order valence-corrected chi connectivity index (χ0v) is 20.9. The van der Waals surface area contributed by atoms with E-state index in [1.807, 2.05) is 6.20 Å². The predicted molar refractivity (Wildman–Crippen MR) is 150 cm³/mol. The topological polar surface area (TPSA) is 17.8 Å². The van der Waals surface area contributed by atoms with E-state index in [2.05, 4.69) is 128 Å². The van der Waals surface area contributed by atoms with Gasteiger partial charge >= 0.3 is 0 Å². The number of fused-ring (bicyclic) bond motifs is 5. The third kappa shape index (κ3) is 2.67. The monoisotopic (exact) mass is 466 g/mol. The second-order valence-corrected chi connectivity index (χ2v) is 13.6. The summed E-state index contributed by atoms with van der Waals surface area (Å²) in [5.41, 5.74) is 3.92. The maximum absolute atomic E-state index is 5.08. The van der Waals surface area contributed by atoms with E-state index in [-0.39, 0.29) is 0 Å². The maximum Gasteiger partial charge on any atom is 0.186 e. The first-order chi connectivity index (χ1) is 17.2. The van der Waals surface area contributed by atoms with Crippen LogP contribution in [0.1, 0.15) is 25.3 Å². The minimum atomic E-state index is -2.59. The number of hydrogen-bond acceptors (Lipinski definition) is 1. The SMILES string of the molecule is CC(C)c1ccc2c3cccc4c3n(c2c1)-c1ncccc1[Si]4(c1ccccc1)c1ccccc1. The second-order valence-electron chi connectivity index (χ2n) is 9.83. The van der Waals surface area contributed by atoms with Gasteiger partial charge in [0.1, 0.15) is 5.82 Å². The van der Waals surface area contributed by atoms with Crippen LogP contribution in [0.3, 0.4) is 0 Å². The fourth-order valence-electron chi connectivity index (χ4n) is 6.14. The van der Waals surface area contributed by atoms with Gasteiger partial charge < -0.3 is 0 Å². The molecule has 0 atom stereocenters. The maximum atomic E-state index is 5.08. The Kier molecular flexibility index (Phi) is 4.39. The van der Waals surface area contributed by atoms with Gasteiger partial charge in [-0.3, -0.25) is 4.57 Å². The molecule has 0 saturated carbocycles. The molecule has 6 aromatic rings. The van der Waals surface area contributed by atoms with Gasteiger partial charge in [-0.15, -0.1) is 0 Å². The van der Waals surface area contributed by atoms with Crippen molar-refractivity contribution >= 4 is 50.6 Å². The molecule has 1 aliphatic rings. The third-order valence-corrected chi connectivity index (χ3v) is 12.5. The summed E-state index contributed by atoms with van der Waals surface area (Å²) in [6.07, 6.45) is 1.95. The molecule has 1 aliphatic heterocycles. The molecule has 0 fully saturated rings. The van der Waals surface area contributed by atoms with Gasteiger partial charge in [0.2, 0.25) is 0 Å². The molecule has 4 aromatic carbocycles. The van der Waals surface area contributed by atoms with Gasteiger partial charge in [-0.25, -0.2) is 4.98 Å². The van der Waals surface area contributed by atoms with Crippen LogP contribution in [0.15, 0.2) is 115 Å². The molecule has 2 nitrogen and oxygen atoms in total. The van der Waals surface area contributed by atoms with Crippen LogP contribution >= 0.6 is 0 Å². The van der Waals surface area contributed by atoms with Gasteiger partial charge in [0.25, 0.3) is 0 Å². The Bertz CT molecular complexity index is 1680. The van der Waals surface area contributed by atoms with Crippen LogP contribution in [-0.4, -0.2) is 17.6 Å². The van der Waals surface area contributed by atoms with Crippen LogP contribution in [0.2, 0.25) is 0 Å². The van der Waals surface area contributed by atoms with Crippen LogP contribution in [0.25, 0.3) is 27.6 Å². The van der Waals surface area contributed by atoms with Crippen molar-refractivity contribution in [3.8, 4) is 5.82 Å². The lowest BCUT2D eigenvalue weighted by atomic mass is 10.0. The number of aromatic nitrogens is 2. The summed E-state index contributed by atoms with van der Waals surface area (Å²) in [4.78, 5) is 5.08. The summed E-state index contributed by atoms with van der Waals surface area (Å²) in [5.74, 6) is 1.55. The molecule has 0 amide bonds. The Hall–Kier alpha value is -3.95. The van der Waals surface area contributed by atoms with Crippen molar-refractivity contribution in [2.45, 2.75) is 19.8 Å². The molecular weight excluding hydrogens is 440 g/mol. The van der Waals surface area contributed by atoms with Crippen LogP contribution in [-0.2, 0) is 0 Å². The first kappa shape index (κ1) is 20.4. The zero-order valence-electron chi connectivity index (χ0n) is 19.9. The van der Waals surface area contributed by atoms with Gasteiger partial charge in [-0.1, -0.05) is 111 Å². The highest BCUT2D eigenvalue weighted by atomic mass is 28.3. The van der Waals surface area contributed by atoms with Crippen molar-refractivity contribution in [2.75, 3.05) is 0 Å². The summed E-state index contributed by atoms with van der Waals surface area (Å²) < 4.78 is 2.44. The largest absolute Gasteiger partial charge is 0.294 e. The van der Waals surface area contributed by atoms with Gasteiger partial charge in [-0.2, -0.15) is 0 Å². The fraction of sp³-hybridized carbons (Fsp3) is 0.0938. The number of pyridine rings is 1. The Morgan fingerprint density at radius 2 is 1.34 bits per heavy atom. The van der Waals surface area contributed by atoms with Gasteiger partial charge in [0.05, 0.1) is 11.0 Å². The Balaban J connectivity index is 1.75. The summed E-state index contributed by atoms with van der Waals surface area (Å²) >= 11 is 0. The van der Waals surface area contributed by atoms with Crippen LogP contribution in [0.5, 0.6) is 0 Å². The molecule has 0 bridgehead atoms. The molecule has 0 radical (unpaired) electrons. The number of rotatable bonds is 3. The van der Waals surface area contributed by atoms with Gasteiger partial charge in [0.15, 0.2) is 8.07 Å². The van der Waals surface area contributed by atoms with Crippen LogP contribution in [0, 0.1) is 0 Å². The molecule has 3 heteroatoms. The Morgan fingerprint density at radius 3 is 2.03 bits per heavy atom. The van der Waals surface area contributed by atoms with E-state index in [1.165, 1.54) is 48.1 Å². The molecular formula is C32H26N2Si. The predicted octanol–water partition coefficient (Wildman–Crippen LogP) is 4.99. The lowest BCUT2D eigenvalue weighted by molar-refractivity contribution is 0.867. The lowest BCUT2D eigenvalue weighted by Gasteiger charge is -2.39. The van der Waals surface area contributed by atoms with Crippen molar-refractivity contribution in [1.29, 1.82) is 0 Å². The standard InChI is InChI=1S/C32H26N2Si/c1-22(2)23-18-19-26-27-15-9-16-29-31(27)34(28(26)21-23)32-30(17-10-20-33-32)35(29,24-11-5-3-6-12-24)25-13-7-4-8-14-25/h3-22H,1-2H3. The van der Waals surface area contributed by atoms with E-state index in [1.54, 1.807) is 0 Å². The fourth-order valence-corrected chi connectivity index (χ4v) is 11.2. The van der Waals surface area contributed by atoms with E-state index in [9.17, 15) is 0 Å². The summed E-state index contributed by atoms with van der Waals surface area (Å²) in [7, 11) is -2.59. The van der Waals surface area contributed by atoms with E-state index >= 15 is 0 Å². The zero-order chi connectivity index (χ0) is 23.6. The van der Waals surface area contributed by atoms with Crippen LogP contribution < -0.4 is 20.7 Å². The average molecular weight is 467 g/mol. The van der Waals surface area contributed by atoms with Crippen molar-refractivity contribution < 1.29 is 0 Å². The van der Waals surface area contributed by atoms with E-state index in [4.69, 9.17) is 4.98 Å². The first-order valence-corrected chi connectivity index (χ1v) is 14.4. The van der Waals surface area contributed by atoms with Crippen molar-refractivity contribution in [1.82, 2.24) is 9.55 Å². The lowest BCUT2D eigenvalue weighted by Crippen LogP contribution is -2.76. The number of hydrogen-bond donors (Lipinski definition) is 0. The van der Waals surface area contributed by atoms with Crippen molar-refractivity contribution in [3.05, 3.63) is 121 Å². The molecule has 0 aliphatic carbocycles. The molecule has 2 aromatic heterocycles. The molecule has 3 heterocycles. The Labute approximate surface area is 206 Å². The van der Waals surface area contributed by atoms with E-state index < -0.39 is 8.07 Å². The van der Waals surface area contributed by atoms with E-state index in [0.717, 1.165) is 5.82 Å². The second kappa shape index (κ2) is 7.52. The average Bonchev–Trinajstić information content (AvgIpc) is 3.25. The quantitative estimate of drug-likeness (QED) is 0.335. The summed E-state index contributed by atoms with van der Waals surface area (Å²) in [6.45, 7) is 4.53. The number of para-hydroxylation sites is 1. The number of nitrogens with zero attached hydrogens (tertiary/aromatic N) is 2. The summed E-state index contributed by atoms with van der Waals surface area (Å²) in [5, 5.41) is 8.20. The van der Waals surface area contributed by atoms with Gasteiger partial charge in [0, 0.05) is 17.0 Å². The van der Waals surface area contributed by atoms with Crippen molar-refractivity contribution in [2.24, 2.45) is 0 Å². The third-order valence-electron chi connectivity index (χ3n) is 7.70. The highest BCUT2D eigenvalue weighted by Crippen LogP contribution is 2.35. The molecule has 7 rings (SSSR count). The van der Waals surface area contributed by atoms with E-state index in [0.29, 0.717) is 5.92 Å². The number of benzene rings is 4. The highest BCUT2D eigenvalue weighted by molar-refractivity contribution is 7.21. The minimum absolute atomic E-state index is 0.471. The minimum Gasteiger partial charge on any atom is -0.294 e. The smallest absolute Gasteiger partial charge is 0.186 e. The first-order valence-electron chi connectivity index (χ1n) is 12.4. The highest BCUT2D eigenvalue weighted by Gasteiger charge is 2.48. The molecule has 168 valence electrons. The van der Waals surface area contributed by atoms with Gasteiger partial charge in [-0.05, 0) is 44.4 Å². The molecule has 0 saturated heterocycles. The molecule has 0 spiro atoms. The normalized spacial score (nSPS) is 13.9. The molecule has 0 N–H and O–H groups in total. The van der Waals surface area contributed by atoms with Crippen LogP contribution in [0.4, 0.5) is 0 Å². The molecule has 35 heavy (non-hydrogen) atoms. The summed E-state index contributed by atoms with van der Waals surface area (Å²) in [6, 6.07) is 40.6. The van der Waals surface area contributed by atoms with Crippen molar-refractivity contribution in [3.63, 3.8) is 0 Å². The Morgan fingerprint density at radius 1 is 0.657 bits per heavy atom.